The van der Waals surface area contributed by atoms with Gasteiger partial charge in [-0.15, -0.1) is 0 Å². The smallest absolute Gasteiger partial charge is 0.244 e. The second kappa shape index (κ2) is 10.1. The number of amides is 1. The Balaban J connectivity index is 1.78. The average Bonchev–Trinajstić information content (AvgIpc) is 2.76. The molecule has 0 atom stereocenters. The highest BCUT2D eigenvalue weighted by atomic mass is 16.5. The predicted molar refractivity (Wildman–Crippen MR) is 112 cm³/mol. The SMILES string of the molecule is COc1ccc(NC(=O)Cn2cc(OC)c(=O)cc2CN2CCOCC2)cc1OC. The van der Waals surface area contributed by atoms with Gasteiger partial charge in [-0.2, -0.15) is 0 Å². The van der Waals surface area contributed by atoms with Crippen LogP contribution in [-0.2, 0) is 22.6 Å². The summed E-state index contributed by atoms with van der Waals surface area (Å²) in [7, 11) is 4.52. The zero-order valence-electron chi connectivity index (χ0n) is 17.5. The van der Waals surface area contributed by atoms with Gasteiger partial charge >= 0.3 is 0 Å². The molecule has 2 heterocycles. The fourth-order valence-electron chi connectivity index (χ4n) is 3.29. The first-order valence-corrected chi connectivity index (χ1v) is 9.63. The number of rotatable bonds is 8. The molecule has 3 rings (SSSR count). The van der Waals surface area contributed by atoms with Crippen molar-refractivity contribution in [1.29, 1.82) is 0 Å². The lowest BCUT2D eigenvalue weighted by atomic mass is 10.2. The highest BCUT2D eigenvalue weighted by Crippen LogP contribution is 2.29. The summed E-state index contributed by atoms with van der Waals surface area (Å²) < 4.78 is 22.8. The van der Waals surface area contributed by atoms with E-state index >= 15 is 0 Å². The van der Waals surface area contributed by atoms with Crippen LogP contribution in [0.4, 0.5) is 5.69 Å². The maximum absolute atomic E-state index is 12.7. The van der Waals surface area contributed by atoms with Crippen molar-refractivity contribution in [2.24, 2.45) is 0 Å². The second-order valence-electron chi connectivity index (χ2n) is 6.83. The molecule has 1 amide bonds. The largest absolute Gasteiger partial charge is 0.493 e. The van der Waals surface area contributed by atoms with Gasteiger partial charge in [-0.05, 0) is 12.1 Å². The number of carbonyl (C=O) groups is 1. The van der Waals surface area contributed by atoms with Gasteiger partial charge < -0.3 is 28.8 Å². The van der Waals surface area contributed by atoms with Crippen LogP contribution in [0.15, 0.2) is 35.3 Å². The number of ether oxygens (including phenoxy) is 4. The van der Waals surface area contributed by atoms with Gasteiger partial charge in [0.15, 0.2) is 17.2 Å². The van der Waals surface area contributed by atoms with E-state index in [0.29, 0.717) is 36.9 Å². The minimum Gasteiger partial charge on any atom is -0.493 e. The number of nitrogens with one attached hydrogen (secondary N) is 1. The van der Waals surface area contributed by atoms with Crippen molar-refractivity contribution in [2.45, 2.75) is 13.1 Å². The van der Waals surface area contributed by atoms with E-state index in [2.05, 4.69) is 10.2 Å². The van der Waals surface area contributed by atoms with Crippen molar-refractivity contribution in [2.75, 3.05) is 52.9 Å². The molecule has 9 nitrogen and oxygen atoms in total. The molecule has 162 valence electrons. The zero-order chi connectivity index (χ0) is 21.5. The maximum atomic E-state index is 12.7. The van der Waals surface area contributed by atoms with E-state index in [1.165, 1.54) is 20.3 Å². The molecule has 1 fully saturated rings. The number of anilines is 1. The van der Waals surface area contributed by atoms with E-state index < -0.39 is 0 Å². The summed E-state index contributed by atoms with van der Waals surface area (Å²) in [6, 6.07) is 6.68. The van der Waals surface area contributed by atoms with Gasteiger partial charge in [0.2, 0.25) is 11.3 Å². The summed E-state index contributed by atoms with van der Waals surface area (Å²) in [5.41, 5.74) is 1.11. The molecule has 1 saturated heterocycles. The van der Waals surface area contributed by atoms with Gasteiger partial charge in [0.1, 0.15) is 6.54 Å². The van der Waals surface area contributed by atoms with Crippen LogP contribution in [0.5, 0.6) is 17.2 Å². The Labute approximate surface area is 175 Å². The van der Waals surface area contributed by atoms with Crippen LogP contribution in [0.3, 0.4) is 0 Å². The Bertz CT molecular complexity index is 937. The minimum atomic E-state index is -0.240. The Morgan fingerprint density at radius 2 is 1.73 bits per heavy atom. The van der Waals surface area contributed by atoms with Crippen molar-refractivity contribution in [3.8, 4) is 17.2 Å². The number of pyridine rings is 1. The Morgan fingerprint density at radius 3 is 2.40 bits per heavy atom. The lowest BCUT2D eigenvalue weighted by Gasteiger charge is -2.27. The maximum Gasteiger partial charge on any atom is 0.244 e. The van der Waals surface area contributed by atoms with E-state index in [9.17, 15) is 9.59 Å². The second-order valence-corrected chi connectivity index (χ2v) is 6.83. The van der Waals surface area contributed by atoms with E-state index in [-0.39, 0.29) is 23.6 Å². The van der Waals surface area contributed by atoms with E-state index in [1.807, 2.05) is 0 Å². The Morgan fingerprint density at radius 1 is 1.03 bits per heavy atom. The third-order valence-corrected chi connectivity index (χ3v) is 4.87. The summed E-state index contributed by atoms with van der Waals surface area (Å²) in [5.74, 6) is 1.05. The first-order chi connectivity index (χ1) is 14.5. The zero-order valence-corrected chi connectivity index (χ0v) is 17.5. The molecular formula is C21H27N3O6. The summed E-state index contributed by atoms with van der Waals surface area (Å²) in [6.07, 6.45) is 1.58. The molecule has 1 aromatic carbocycles. The Kier molecular flexibility index (Phi) is 7.31. The summed E-state index contributed by atoms with van der Waals surface area (Å²) >= 11 is 0. The standard InChI is InChI=1S/C21H27N3O6/c1-27-18-5-4-15(10-19(18)28-2)22-21(26)14-24-13-20(29-3)17(25)11-16(24)12-23-6-8-30-9-7-23/h4-5,10-11,13H,6-9,12,14H2,1-3H3,(H,22,26). The van der Waals surface area contributed by atoms with Crippen LogP contribution in [-0.4, -0.2) is 63.0 Å². The van der Waals surface area contributed by atoms with Crippen LogP contribution in [0, 0.1) is 0 Å². The first kappa shape index (κ1) is 21.7. The van der Waals surface area contributed by atoms with Crippen molar-refractivity contribution >= 4 is 11.6 Å². The van der Waals surface area contributed by atoms with Gasteiger partial charge in [-0.1, -0.05) is 0 Å². The molecule has 0 saturated carbocycles. The van der Waals surface area contributed by atoms with Gasteiger partial charge in [-0.25, -0.2) is 0 Å². The monoisotopic (exact) mass is 417 g/mol. The number of morpholine rings is 1. The molecule has 1 aliphatic heterocycles. The van der Waals surface area contributed by atoms with E-state index in [1.54, 1.807) is 36.1 Å². The number of aromatic nitrogens is 1. The fourth-order valence-corrected chi connectivity index (χ4v) is 3.29. The number of hydrogen-bond acceptors (Lipinski definition) is 7. The molecule has 0 bridgehead atoms. The fraction of sp³-hybridized carbons (Fsp3) is 0.429. The molecule has 2 aromatic rings. The van der Waals surface area contributed by atoms with Crippen LogP contribution in [0.25, 0.3) is 0 Å². The molecule has 9 heteroatoms. The summed E-state index contributed by atoms with van der Waals surface area (Å²) in [5, 5.41) is 2.85. The van der Waals surface area contributed by atoms with E-state index in [0.717, 1.165) is 18.8 Å². The summed E-state index contributed by atoms with van der Waals surface area (Å²) in [4.78, 5) is 27.2. The number of nitrogens with zero attached hydrogens (tertiary/aromatic N) is 2. The van der Waals surface area contributed by atoms with Crippen LogP contribution in [0.1, 0.15) is 5.69 Å². The van der Waals surface area contributed by atoms with Gasteiger partial charge in [-0.3, -0.25) is 14.5 Å². The highest BCUT2D eigenvalue weighted by molar-refractivity contribution is 5.91. The quantitative estimate of drug-likeness (QED) is 0.693. The van der Waals surface area contributed by atoms with Gasteiger partial charge in [0.05, 0.1) is 40.7 Å². The molecule has 1 aliphatic rings. The van der Waals surface area contributed by atoms with E-state index in [4.69, 9.17) is 18.9 Å². The lowest BCUT2D eigenvalue weighted by Crippen LogP contribution is -2.37. The highest BCUT2D eigenvalue weighted by Gasteiger charge is 2.16. The molecule has 30 heavy (non-hydrogen) atoms. The minimum absolute atomic E-state index is 0.0324. The van der Waals surface area contributed by atoms with Crippen molar-refractivity contribution in [3.63, 3.8) is 0 Å². The third-order valence-electron chi connectivity index (χ3n) is 4.87. The Hall–Kier alpha value is -3.04. The average molecular weight is 417 g/mol. The summed E-state index contributed by atoms with van der Waals surface area (Å²) in [6.45, 7) is 3.44. The topological polar surface area (TPSA) is 91.3 Å². The molecule has 0 spiro atoms. The van der Waals surface area contributed by atoms with Crippen molar-refractivity contribution in [3.05, 3.63) is 46.4 Å². The number of carbonyl (C=O) groups excluding carboxylic acids is 1. The molecule has 0 radical (unpaired) electrons. The third kappa shape index (κ3) is 5.31. The molecule has 1 N–H and O–H groups in total. The molecule has 0 aliphatic carbocycles. The molecule has 1 aromatic heterocycles. The first-order valence-electron chi connectivity index (χ1n) is 9.63. The van der Waals surface area contributed by atoms with Gasteiger partial charge in [0.25, 0.3) is 0 Å². The van der Waals surface area contributed by atoms with Crippen LogP contribution < -0.4 is 25.0 Å². The normalized spacial score (nSPS) is 14.2. The number of benzene rings is 1. The lowest BCUT2D eigenvalue weighted by molar-refractivity contribution is -0.116. The van der Waals surface area contributed by atoms with Crippen molar-refractivity contribution in [1.82, 2.24) is 9.47 Å². The van der Waals surface area contributed by atoms with Crippen LogP contribution in [0.2, 0.25) is 0 Å². The number of methoxy groups -OCH3 is 3. The molecule has 0 unspecified atom stereocenters. The predicted octanol–water partition coefficient (Wildman–Crippen LogP) is 1.35. The van der Waals surface area contributed by atoms with Gasteiger partial charge in [0, 0.05) is 43.1 Å². The van der Waals surface area contributed by atoms with Crippen molar-refractivity contribution < 1.29 is 23.7 Å². The number of hydrogen-bond donors (Lipinski definition) is 1. The van der Waals surface area contributed by atoms with Crippen LogP contribution >= 0.6 is 0 Å². The molecular weight excluding hydrogens is 390 g/mol.